The maximum atomic E-state index is 2.58. The molecule has 2 aromatic heterocycles. The second kappa shape index (κ2) is 13.2. The summed E-state index contributed by atoms with van der Waals surface area (Å²) in [6.07, 6.45) is 0. The molecule has 0 fully saturated rings. The van der Waals surface area contributed by atoms with Crippen LogP contribution in [0.2, 0.25) is 0 Å². The van der Waals surface area contributed by atoms with E-state index >= 15 is 0 Å². The monoisotopic (exact) mass is 765 g/mol. The van der Waals surface area contributed by atoms with Crippen LogP contribution in [0.15, 0.2) is 115 Å². The summed E-state index contributed by atoms with van der Waals surface area (Å²) in [6, 6.07) is 44.5. The zero-order valence-electron chi connectivity index (χ0n) is 37.9. The Kier molecular flexibility index (Phi) is 9.05. The van der Waals surface area contributed by atoms with E-state index in [1.807, 2.05) is 0 Å². The standard InChI is InChI=1S/C56H64N2/c1-52(2,3)36-24-26-44-42(33-36)43-34-37(53(4,5)6)25-27-45(43)58(44)48-29-28-47-50(51(48)56(13,14)15)49-41(35-20-17-16-18-21-35)22-19-23-46(49)57(47)40-31-38(54(7,8)9)30-39(32-40)55(10,11)12/h16-34H,1-15H3. The lowest BCUT2D eigenvalue weighted by molar-refractivity contribution is 0.568. The molecule has 0 saturated carbocycles. The van der Waals surface area contributed by atoms with Gasteiger partial charge in [-0.15, -0.1) is 0 Å². The van der Waals surface area contributed by atoms with Gasteiger partial charge in [0.2, 0.25) is 0 Å². The van der Waals surface area contributed by atoms with E-state index in [4.69, 9.17) is 0 Å². The van der Waals surface area contributed by atoms with E-state index in [0.29, 0.717) is 0 Å². The molecule has 298 valence electrons. The molecule has 2 heterocycles. The fraction of sp³-hybridized carbons (Fsp3) is 0.357. The van der Waals surface area contributed by atoms with Gasteiger partial charge in [-0.2, -0.15) is 0 Å². The predicted molar refractivity (Wildman–Crippen MR) is 254 cm³/mol. The SMILES string of the molecule is CC(C)(C)c1cc(-n2c3cccc(-c4ccccc4)c3c3c(C(C)(C)C)c(-n4c5ccc(C(C)(C)C)cc5c5cc(C(C)(C)C)ccc54)ccc32)cc(C(C)(C)C)c1. The van der Waals surface area contributed by atoms with Crippen LogP contribution in [0.1, 0.15) is 132 Å². The molecule has 0 bridgehead atoms. The Morgan fingerprint density at radius 3 is 1.31 bits per heavy atom. The molecule has 0 spiro atoms. The first kappa shape index (κ1) is 39.7. The van der Waals surface area contributed by atoms with E-state index in [2.05, 4.69) is 228 Å². The molecule has 0 radical (unpaired) electrons. The van der Waals surface area contributed by atoms with Gasteiger partial charge in [-0.05, 0) is 121 Å². The minimum Gasteiger partial charge on any atom is -0.309 e. The van der Waals surface area contributed by atoms with Gasteiger partial charge in [-0.25, -0.2) is 0 Å². The minimum atomic E-state index is -0.207. The van der Waals surface area contributed by atoms with E-state index in [1.165, 1.54) is 93.9 Å². The van der Waals surface area contributed by atoms with Crippen LogP contribution in [0.25, 0.3) is 66.1 Å². The van der Waals surface area contributed by atoms with Crippen molar-refractivity contribution >= 4 is 43.6 Å². The summed E-state index contributed by atoms with van der Waals surface area (Å²) in [6.45, 7) is 35.2. The number of benzene rings is 6. The summed E-state index contributed by atoms with van der Waals surface area (Å²) in [5, 5.41) is 5.26. The highest BCUT2D eigenvalue weighted by atomic mass is 15.0. The molecule has 0 unspecified atom stereocenters. The van der Waals surface area contributed by atoms with Gasteiger partial charge < -0.3 is 9.13 Å². The normalized spacial score (nSPS) is 13.4. The molecule has 0 aliphatic heterocycles. The third kappa shape index (κ3) is 6.67. The van der Waals surface area contributed by atoms with Crippen molar-refractivity contribution in [1.29, 1.82) is 0 Å². The summed E-state index contributed by atoms with van der Waals surface area (Å²) in [5.41, 5.74) is 16.5. The molecule has 0 aliphatic carbocycles. The Labute approximate surface area is 347 Å². The van der Waals surface area contributed by atoms with Gasteiger partial charge in [0.05, 0.1) is 27.8 Å². The first-order valence-electron chi connectivity index (χ1n) is 21.4. The van der Waals surface area contributed by atoms with E-state index in [9.17, 15) is 0 Å². The molecule has 2 heteroatoms. The summed E-state index contributed by atoms with van der Waals surface area (Å²) < 4.78 is 5.15. The molecule has 0 atom stereocenters. The van der Waals surface area contributed by atoms with Crippen LogP contribution in [0.5, 0.6) is 0 Å². The van der Waals surface area contributed by atoms with Crippen LogP contribution in [0.4, 0.5) is 0 Å². The quantitative estimate of drug-likeness (QED) is 0.170. The summed E-state index contributed by atoms with van der Waals surface area (Å²) in [7, 11) is 0. The van der Waals surface area contributed by atoms with Gasteiger partial charge in [0.25, 0.3) is 0 Å². The Morgan fingerprint density at radius 1 is 0.345 bits per heavy atom. The van der Waals surface area contributed by atoms with Gasteiger partial charge in [-0.3, -0.25) is 0 Å². The number of rotatable bonds is 3. The highest BCUT2D eigenvalue weighted by Gasteiger charge is 2.31. The van der Waals surface area contributed by atoms with Gasteiger partial charge in [-0.1, -0.05) is 165 Å². The third-order valence-electron chi connectivity index (χ3n) is 12.4. The largest absolute Gasteiger partial charge is 0.309 e. The lowest BCUT2D eigenvalue weighted by Gasteiger charge is -2.27. The molecule has 0 N–H and O–H groups in total. The lowest BCUT2D eigenvalue weighted by atomic mass is 9.80. The van der Waals surface area contributed by atoms with Crippen LogP contribution in [-0.2, 0) is 27.1 Å². The highest BCUT2D eigenvalue weighted by molar-refractivity contribution is 6.19. The van der Waals surface area contributed by atoms with E-state index < -0.39 is 0 Å². The topological polar surface area (TPSA) is 9.86 Å². The predicted octanol–water partition coefficient (Wildman–Crippen LogP) is 16.0. The van der Waals surface area contributed by atoms with Crippen molar-refractivity contribution in [2.45, 2.75) is 131 Å². The molecule has 2 nitrogen and oxygen atoms in total. The molecule has 8 rings (SSSR count). The molecule has 58 heavy (non-hydrogen) atoms. The Morgan fingerprint density at radius 2 is 0.828 bits per heavy atom. The molecule has 0 saturated heterocycles. The van der Waals surface area contributed by atoms with Crippen molar-refractivity contribution in [3.63, 3.8) is 0 Å². The van der Waals surface area contributed by atoms with Crippen LogP contribution in [0.3, 0.4) is 0 Å². The molecule has 0 aliphatic rings. The van der Waals surface area contributed by atoms with E-state index in [-0.39, 0.29) is 27.1 Å². The highest BCUT2D eigenvalue weighted by Crippen LogP contribution is 2.48. The van der Waals surface area contributed by atoms with Gasteiger partial charge >= 0.3 is 0 Å². The second-order valence-electron chi connectivity index (χ2n) is 22.1. The van der Waals surface area contributed by atoms with Crippen LogP contribution < -0.4 is 0 Å². The molecular weight excluding hydrogens is 701 g/mol. The van der Waals surface area contributed by atoms with Gasteiger partial charge in [0.15, 0.2) is 0 Å². The number of nitrogens with zero attached hydrogens (tertiary/aromatic N) is 2. The average Bonchev–Trinajstić information content (AvgIpc) is 3.65. The average molecular weight is 765 g/mol. The lowest BCUT2D eigenvalue weighted by Crippen LogP contribution is -2.17. The first-order chi connectivity index (χ1) is 26.9. The van der Waals surface area contributed by atoms with Gasteiger partial charge in [0, 0.05) is 27.2 Å². The number of hydrogen-bond donors (Lipinski definition) is 0. The first-order valence-corrected chi connectivity index (χ1v) is 21.4. The molecule has 6 aromatic carbocycles. The zero-order valence-corrected chi connectivity index (χ0v) is 37.9. The minimum absolute atomic E-state index is 0.00997. The van der Waals surface area contributed by atoms with Crippen molar-refractivity contribution in [2.75, 3.05) is 0 Å². The van der Waals surface area contributed by atoms with Crippen molar-refractivity contribution < 1.29 is 0 Å². The number of fused-ring (bicyclic) bond motifs is 6. The van der Waals surface area contributed by atoms with Gasteiger partial charge in [0.1, 0.15) is 0 Å². The van der Waals surface area contributed by atoms with Crippen LogP contribution in [0, 0.1) is 0 Å². The van der Waals surface area contributed by atoms with Crippen molar-refractivity contribution in [1.82, 2.24) is 9.13 Å². The Bertz CT molecular complexity index is 2770. The van der Waals surface area contributed by atoms with Crippen LogP contribution in [-0.4, -0.2) is 9.13 Å². The zero-order chi connectivity index (χ0) is 41.9. The smallest absolute Gasteiger partial charge is 0.0547 e. The summed E-state index contributed by atoms with van der Waals surface area (Å²) in [4.78, 5) is 0. The van der Waals surface area contributed by atoms with Crippen molar-refractivity contribution in [3.05, 3.63) is 143 Å². The summed E-state index contributed by atoms with van der Waals surface area (Å²) >= 11 is 0. The fourth-order valence-corrected chi connectivity index (χ4v) is 9.04. The maximum Gasteiger partial charge on any atom is 0.0547 e. The second-order valence-corrected chi connectivity index (χ2v) is 22.1. The Balaban J connectivity index is 1.58. The number of hydrogen-bond acceptors (Lipinski definition) is 0. The maximum absolute atomic E-state index is 2.58. The molecule has 8 aromatic rings. The Hall–Kier alpha value is -5.08. The van der Waals surface area contributed by atoms with Crippen molar-refractivity contribution in [3.8, 4) is 22.5 Å². The van der Waals surface area contributed by atoms with Crippen LogP contribution >= 0.6 is 0 Å². The van der Waals surface area contributed by atoms with E-state index in [0.717, 1.165) is 0 Å². The third-order valence-corrected chi connectivity index (χ3v) is 12.4. The number of aromatic nitrogens is 2. The summed E-state index contributed by atoms with van der Waals surface area (Å²) in [5.74, 6) is 0. The van der Waals surface area contributed by atoms with E-state index in [1.54, 1.807) is 0 Å². The van der Waals surface area contributed by atoms with Crippen molar-refractivity contribution in [2.24, 2.45) is 0 Å². The fourth-order valence-electron chi connectivity index (χ4n) is 9.04. The molecule has 0 amide bonds. The molecular formula is C56H64N2.